The van der Waals surface area contributed by atoms with Gasteiger partial charge in [0.1, 0.15) is 11.9 Å². The lowest BCUT2D eigenvalue weighted by molar-refractivity contribution is -0.274. The van der Waals surface area contributed by atoms with Gasteiger partial charge in [-0.25, -0.2) is 4.79 Å². The number of halogens is 3. The fraction of sp³-hybridized carbons (Fsp3) is 0.333. The van der Waals surface area contributed by atoms with E-state index >= 15 is 0 Å². The molecule has 10 heteroatoms. The van der Waals surface area contributed by atoms with Crippen LogP contribution in [0, 0.1) is 0 Å². The number of carboxylic acid groups (broad SMARTS) is 1. The zero-order valence-corrected chi connectivity index (χ0v) is 16.6. The van der Waals surface area contributed by atoms with Crippen molar-refractivity contribution in [1.82, 2.24) is 5.32 Å². The topological polar surface area (TPSA) is 122 Å². The number of aliphatic carboxylic acids is 1. The smallest absolute Gasteiger partial charge is 0.479 e. The maximum absolute atomic E-state index is 12.6. The van der Waals surface area contributed by atoms with E-state index in [0.717, 1.165) is 17.7 Å². The van der Waals surface area contributed by atoms with E-state index in [9.17, 15) is 33.0 Å². The fourth-order valence-electron chi connectivity index (χ4n) is 3.13. The SMILES string of the molecule is CC[C@](NC(=O)[C@@H](O)[C@H](N)Cc1ccccc1)(C(=O)O)c1cccc(OC(F)(F)F)c1. The minimum atomic E-state index is -4.97. The highest BCUT2D eigenvalue weighted by molar-refractivity contribution is 5.90. The van der Waals surface area contributed by atoms with Crippen LogP contribution in [0.15, 0.2) is 54.6 Å². The minimum Gasteiger partial charge on any atom is -0.479 e. The average Bonchev–Trinajstić information content (AvgIpc) is 2.70. The van der Waals surface area contributed by atoms with Gasteiger partial charge in [0.05, 0.1) is 0 Å². The number of alkyl halides is 3. The second-order valence-electron chi connectivity index (χ2n) is 6.93. The Morgan fingerprint density at radius 2 is 1.77 bits per heavy atom. The molecule has 0 spiro atoms. The Bertz CT molecular complexity index is 907. The number of carbonyl (C=O) groups is 2. The van der Waals surface area contributed by atoms with E-state index in [1.807, 2.05) is 0 Å². The molecule has 0 fully saturated rings. The summed E-state index contributed by atoms with van der Waals surface area (Å²) in [6, 6.07) is 12.1. The van der Waals surface area contributed by atoms with Gasteiger partial charge in [-0.1, -0.05) is 49.4 Å². The number of nitrogens with one attached hydrogen (secondary N) is 1. The van der Waals surface area contributed by atoms with Gasteiger partial charge in [0, 0.05) is 6.04 Å². The molecule has 7 nitrogen and oxygen atoms in total. The first-order chi connectivity index (χ1) is 14.5. The summed E-state index contributed by atoms with van der Waals surface area (Å²) in [4.78, 5) is 24.7. The van der Waals surface area contributed by atoms with E-state index in [-0.39, 0.29) is 18.4 Å². The first-order valence-electron chi connectivity index (χ1n) is 9.38. The maximum Gasteiger partial charge on any atom is 0.573 e. The zero-order valence-electron chi connectivity index (χ0n) is 16.6. The number of nitrogens with two attached hydrogens (primary N) is 1. The quantitative estimate of drug-likeness (QED) is 0.475. The Hall–Kier alpha value is -3.11. The van der Waals surface area contributed by atoms with Gasteiger partial charge in [-0.3, -0.25) is 4.79 Å². The molecule has 0 aliphatic carbocycles. The van der Waals surface area contributed by atoms with Crippen LogP contribution in [0.3, 0.4) is 0 Å². The highest BCUT2D eigenvalue weighted by Crippen LogP contribution is 2.31. The van der Waals surface area contributed by atoms with Gasteiger partial charge in [-0.15, -0.1) is 13.2 Å². The Labute approximate surface area is 176 Å². The monoisotopic (exact) mass is 440 g/mol. The average molecular weight is 440 g/mol. The van der Waals surface area contributed by atoms with Crippen LogP contribution >= 0.6 is 0 Å². The van der Waals surface area contributed by atoms with Crippen molar-refractivity contribution in [3.63, 3.8) is 0 Å². The standard InChI is InChI=1S/C21H23F3N2O5/c1-2-20(19(29)30,14-9-6-10-15(12-14)31-21(22,23)24)26-18(28)17(27)16(25)11-13-7-4-3-5-8-13/h3-10,12,16-17,27H,2,11,25H2,1H3,(H,26,28)(H,29,30)/t16-,17+,20-/m1/s1. The van der Waals surface area contributed by atoms with Crippen molar-refractivity contribution < 1.29 is 37.7 Å². The van der Waals surface area contributed by atoms with Crippen LogP contribution < -0.4 is 15.8 Å². The molecule has 2 rings (SSSR count). The van der Waals surface area contributed by atoms with E-state index in [1.165, 1.54) is 19.1 Å². The number of carbonyl (C=O) groups excluding carboxylic acids is 1. The van der Waals surface area contributed by atoms with E-state index in [2.05, 4.69) is 10.1 Å². The number of rotatable bonds is 9. The molecule has 3 atom stereocenters. The summed E-state index contributed by atoms with van der Waals surface area (Å²) in [5.74, 6) is -3.22. The predicted octanol–water partition coefficient (Wildman–Crippen LogP) is 2.32. The molecule has 0 aliphatic heterocycles. The van der Waals surface area contributed by atoms with Gasteiger partial charge >= 0.3 is 12.3 Å². The van der Waals surface area contributed by atoms with Crippen molar-refractivity contribution in [1.29, 1.82) is 0 Å². The number of aliphatic hydroxyl groups is 1. The molecule has 2 aromatic rings. The van der Waals surface area contributed by atoms with E-state index in [4.69, 9.17) is 5.73 Å². The van der Waals surface area contributed by atoms with Crippen LogP contribution in [0.5, 0.6) is 5.75 Å². The molecule has 0 heterocycles. The number of hydrogen-bond acceptors (Lipinski definition) is 5. The van der Waals surface area contributed by atoms with Crippen LogP contribution in [-0.4, -0.2) is 40.6 Å². The molecular weight excluding hydrogens is 417 g/mol. The van der Waals surface area contributed by atoms with Crippen LogP contribution in [0.25, 0.3) is 0 Å². The second kappa shape index (κ2) is 9.80. The van der Waals surface area contributed by atoms with Gasteiger partial charge in [-0.05, 0) is 36.1 Å². The Morgan fingerprint density at radius 3 is 2.32 bits per heavy atom. The molecule has 0 bridgehead atoms. The van der Waals surface area contributed by atoms with Crippen LogP contribution in [0.4, 0.5) is 13.2 Å². The predicted molar refractivity (Wildman–Crippen MR) is 105 cm³/mol. The van der Waals surface area contributed by atoms with E-state index in [0.29, 0.717) is 0 Å². The number of ether oxygens (including phenoxy) is 1. The minimum absolute atomic E-state index is 0.149. The van der Waals surface area contributed by atoms with E-state index < -0.39 is 41.7 Å². The van der Waals surface area contributed by atoms with E-state index in [1.54, 1.807) is 30.3 Å². The highest BCUT2D eigenvalue weighted by atomic mass is 19.4. The summed E-state index contributed by atoms with van der Waals surface area (Å²) in [6.07, 6.45) is -6.79. The fourth-order valence-corrected chi connectivity index (χ4v) is 3.13. The second-order valence-corrected chi connectivity index (χ2v) is 6.93. The normalized spacial score (nSPS) is 15.4. The first-order valence-corrected chi connectivity index (χ1v) is 9.38. The molecule has 31 heavy (non-hydrogen) atoms. The molecule has 0 aromatic heterocycles. The summed E-state index contributed by atoms with van der Waals surface area (Å²) in [5.41, 5.74) is 4.43. The van der Waals surface area contributed by atoms with Crippen LogP contribution in [-0.2, 0) is 21.5 Å². The number of amides is 1. The molecule has 0 radical (unpaired) electrons. The van der Waals surface area contributed by atoms with Gasteiger partial charge < -0.3 is 26.0 Å². The van der Waals surface area contributed by atoms with Crippen molar-refractivity contribution in [2.45, 2.75) is 43.8 Å². The van der Waals surface area contributed by atoms with Crippen molar-refractivity contribution in [2.24, 2.45) is 5.73 Å². The summed E-state index contributed by atoms with van der Waals surface area (Å²) in [6.45, 7) is 1.43. The molecule has 0 unspecified atom stereocenters. The zero-order chi connectivity index (χ0) is 23.2. The molecule has 168 valence electrons. The Morgan fingerprint density at radius 1 is 1.13 bits per heavy atom. The maximum atomic E-state index is 12.6. The number of carboxylic acids is 1. The van der Waals surface area contributed by atoms with Crippen molar-refractivity contribution in [3.8, 4) is 5.75 Å². The lowest BCUT2D eigenvalue weighted by Gasteiger charge is -2.32. The van der Waals surface area contributed by atoms with Crippen molar-refractivity contribution in [2.75, 3.05) is 0 Å². The Balaban J connectivity index is 2.27. The van der Waals surface area contributed by atoms with Gasteiger partial charge in [0.15, 0.2) is 5.54 Å². The largest absolute Gasteiger partial charge is 0.573 e. The van der Waals surface area contributed by atoms with Crippen molar-refractivity contribution in [3.05, 3.63) is 65.7 Å². The number of benzene rings is 2. The van der Waals surface area contributed by atoms with Gasteiger partial charge in [0.25, 0.3) is 5.91 Å². The molecule has 2 aromatic carbocycles. The third-order valence-corrected chi connectivity index (χ3v) is 4.78. The molecule has 1 amide bonds. The summed E-state index contributed by atoms with van der Waals surface area (Å²) < 4.78 is 41.5. The van der Waals surface area contributed by atoms with Gasteiger partial charge in [0.2, 0.25) is 0 Å². The van der Waals surface area contributed by atoms with Crippen molar-refractivity contribution >= 4 is 11.9 Å². The lowest BCUT2D eigenvalue weighted by Crippen LogP contribution is -2.57. The summed E-state index contributed by atoms with van der Waals surface area (Å²) in [7, 11) is 0. The van der Waals surface area contributed by atoms with Crippen LogP contribution in [0.1, 0.15) is 24.5 Å². The number of aliphatic hydroxyl groups excluding tert-OH is 1. The molecule has 0 saturated heterocycles. The van der Waals surface area contributed by atoms with Gasteiger partial charge in [-0.2, -0.15) is 0 Å². The number of hydrogen-bond donors (Lipinski definition) is 4. The third kappa shape index (κ3) is 6.19. The molecular formula is C21H23F3N2O5. The molecule has 0 aliphatic rings. The molecule has 0 saturated carbocycles. The Kier molecular flexibility index (Phi) is 7.64. The highest BCUT2D eigenvalue weighted by Gasteiger charge is 2.43. The summed E-state index contributed by atoms with van der Waals surface area (Å²) >= 11 is 0. The summed E-state index contributed by atoms with van der Waals surface area (Å²) in [5, 5.41) is 22.4. The molecule has 5 N–H and O–H groups in total. The first kappa shape index (κ1) is 24.2. The third-order valence-electron chi connectivity index (χ3n) is 4.78. The lowest BCUT2D eigenvalue weighted by atomic mass is 9.86. The van der Waals surface area contributed by atoms with Crippen LogP contribution in [0.2, 0.25) is 0 Å².